The molecule has 0 aliphatic heterocycles. The molecule has 166 valence electrons. The van der Waals surface area contributed by atoms with Crippen LogP contribution in [0.2, 0.25) is 0 Å². The van der Waals surface area contributed by atoms with E-state index >= 15 is 0 Å². The highest BCUT2D eigenvalue weighted by Crippen LogP contribution is 2.30. The van der Waals surface area contributed by atoms with Gasteiger partial charge in [0.2, 0.25) is 0 Å². The van der Waals surface area contributed by atoms with Crippen LogP contribution in [-0.4, -0.2) is 17.9 Å². The number of halogens is 3. The van der Waals surface area contributed by atoms with Crippen molar-refractivity contribution in [2.45, 2.75) is 26.1 Å². The lowest BCUT2D eigenvalue weighted by molar-refractivity contribution is -0.137. The number of benzene rings is 3. The molecule has 0 radical (unpaired) electrons. The van der Waals surface area contributed by atoms with Crippen LogP contribution in [0.1, 0.15) is 28.4 Å². The smallest absolute Gasteiger partial charge is 0.416 e. The Labute approximate surface area is 183 Å². The second-order valence-corrected chi connectivity index (χ2v) is 7.12. The number of alkyl halides is 3. The Balaban J connectivity index is 1.60. The van der Waals surface area contributed by atoms with Crippen LogP contribution in [0.4, 0.5) is 24.5 Å². The number of hydrogen-bond donors (Lipinski definition) is 2. The highest BCUT2D eigenvalue weighted by atomic mass is 19.4. The van der Waals surface area contributed by atoms with Gasteiger partial charge in [0.25, 0.3) is 11.8 Å². The number of carbonyl (C=O) groups excluding carboxylic acids is 2. The van der Waals surface area contributed by atoms with E-state index in [2.05, 4.69) is 10.6 Å². The molecular formula is C24H21F3N2O3. The van der Waals surface area contributed by atoms with Crippen LogP contribution >= 0.6 is 0 Å². The first-order chi connectivity index (χ1) is 15.1. The van der Waals surface area contributed by atoms with Crippen LogP contribution in [-0.2, 0) is 11.0 Å². The van der Waals surface area contributed by atoms with Crippen LogP contribution < -0.4 is 15.4 Å². The highest BCUT2D eigenvalue weighted by molar-refractivity contribution is 6.04. The van der Waals surface area contributed by atoms with Crippen molar-refractivity contribution in [2.24, 2.45) is 0 Å². The molecule has 3 aromatic carbocycles. The molecular weight excluding hydrogens is 421 g/mol. The van der Waals surface area contributed by atoms with Gasteiger partial charge in [0.05, 0.1) is 5.56 Å². The van der Waals surface area contributed by atoms with E-state index in [9.17, 15) is 22.8 Å². The summed E-state index contributed by atoms with van der Waals surface area (Å²) in [4.78, 5) is 24.7. The summed E-state index contributed by atoms with van der Waals surface area (Å²) in [6, 6.07) is 17.7. The van der Waals surface area contributed by atoms with Gasteiger partial charge in [-0.2, -0.15) is 13.2 Å². The summed E-state index contributed by atoms with van der Waals surface area (Å²) in [6.07, 6.45) is -5.25. The molecule has 1 atom stereocenters. The largest absolute Gasteiger partial charge is 0.481 e. The summed E-state index contributed by atoms with van der Waals surface area (Å²) < 4.78 is 44.1. The van der Waals surface area contributed by atoms with Crippen molar-refractivity contribution in [3.63, 3.8) is 0 Å². The van der Waals surface area contributed by atoms with Crippen molar-refractivity contribution < 1.29 is 27.5 Å². The normalized spacial score (nSPS) is 12.0. The Morgan fingerprint density at radius 3 is 2.22 bits per heavy atom. The number of para-hydroxylation sites is 1. The molecule has 2 amide bonds. The molecule has 0 heterocycles. The van der Waals surface area contributed by atoms with Crippen molar-refractivity contribution in [1.82, 2.24) is 0 Å². The van der Waals surface area contributed by atoms with Gasteiger partial charge in [-0.25, -0.2) is 0 Å². The fourth-order valence-electron chi connectivity index (χ4n) is 2.86. The van der Waals surface area contributed by atoms with Gasteiger partial charge in [-0.05, 0) is 67.9 Å². The van der Waals surface area contributed by atoms with Gasteiger partial charge in [-0.1, -0.05) is 24.3 Å². The lowest BCUT2D eigenvalue weighted by Gasteiger charge is -2.16. The lowest BCUT2D eigenvalue weighted by atomic mass is 10.1. The Bertz CT molecular complexity index is 1110. The summed E-state index contributed by atoms with van der Waals surface area (Å²) in [7, 11) is 0. The minimum absolute atomic E-state index is 0.0318. The molecule has 0 spiro atoms. The van der Waals surface area contributed by atoms with Gasteiger partial charge < -0.3 is 15.4 Å². The molecule has 0 saturated carbocycles. The lowest BCUT2D eigenvalue weighted by Crippen LogP contribution is -2.30. The average Bonchev–Trinajstić information content (AvgIpc) is 2.75. The van der Waals surface area contributed by atoms with Crippen molar-refractivity contribution in [2.75, 3.05) is 10.6 Å². The number of rotatable bonds is 6. The number of carbonyl (C=O) groups is 2. The predicted octanol–water partition coefficient (Wildman–Crippen LogP) is 5.67. The van der Waals surface area contributed by atoms with E-state index in [0.29, 0.717) is 11.4 Å². The van der Waals surface area contributed by atoms with E-state index in [1.54, 1.807) is 13.0 Å². The Morgan fingerprint density at radius 2 is 1.56 bits per heavy atom. The van der Waals surface area contributed by atoms with Crippen LogP contribution in [0.25, 0.3) is 0 Å². The average molecular weight is 442 g/mol. The van der Waals surface area contributed by atoms with Crippen LogP contribution in [0, 0.1) is 6.92 Å². The SMILES string of the molecule is Cc1ccccc1OC(C)C(=O)Nc1ccc(C(=O)Nc2cccc(C(F)(F)F)c2)cc1. The van der Waals surface area contributed by atoms with Crippen molar-refractivity contribution in [3.8, 4) is 5.75 Å². The fourth-order valence-corrected chi connectivity index (χ4v) is 2.86. The molecule has 0 aliphatic carbocycles. The molecule has 0 fully saturated rings. The quantitative estimate of drug-likeness (QED) is 0.517. The first-order valence-corrected chi connectivity index (χ1v) is 9.75. The van der Waals surface area contributed by atoms with Crippen molar-refractivity contribution in [3.05, 3.63) is 89.5 Å². The first-order valence-electron chi connectivity index (χ1n) is 9.75. The van der Waals surface area contributed by atoms with Crippen molar-refractivity contribution >= 4 is 23.2 Å². The van der Waals surface area contributed by atoms with Gasteiger partial charge in [0, 0.05) is 16.9 Å². The molecule has 3 rings (SSSR count). The Morgan fingerprint density at radius 1 is 0.875 bits per heavy atom. The summed E-state index contributed by atoms with van der Waals surface area (Å²) in [5.41, 5.74) is 0.763. The maximum absolute atomic E-state index is 12.8. The topological polar surface area (TPSA) is 67.4 Å². The Kier molecular flexibility index (Phi) is 6.82. The number of anilines is 2. The van der Waals surface area contributed by atoms with E-state index in [-0.39, 0.29) is 17.2 Å². The molecule has 2 N–H and O–H groups in total. The van der Waals surface area contributed by atoms with E-state index in [1.165, 1.54) is 36.4 Å². The van der Waals surface area contributed by atoms with Gasteiger partial charge in [-0.3, -0.25) is 9.59 Å². The zero-order valence-corrected chi connectivity index (χ0v) is 17.4. The van der Waals surface area contributed by atoms with Crippen LogP contribution in [0.15, 0.2) is 72.8 Å². The first kappa shape index (κ1) is 22.9. The highest BCUT2D eigenvalue weighted by Gasteiger charge is 2.30. The predicted molar refractivity (Wildman–Crippen MR) is 116 cm³/mol. The third-order valence-corrected chi connectivity index (χ3v) is 4.63. The molecule has 0 aliphatic rings. The standard InChI is InChI=1S/C24H21F3N2O3/c1-15-6-3-4-9-21(15)32-16(2)22(30)28-19-12-10-17(11-13-19)23(31)29-20-8-5-7-18(14-20)24(25,26)27/h3-14,16H,1-2H3,(H,28,30)(H,29,31). The molecule has 0 bridgehead atoms. The molecule has 0 saturated heterocycles. The second kappa shape index (κ2) is 9.55. The van der Waals surface area contributed by atoms with E-state index < -0.39 is 23.8 Å². The van der Waals surface area contributed by atoms with Gasteiger partial charge in [0.15, 0.2) is 6.10 Å². The fraction of sp³-hybridized carbons (Fsp3) is 0.167. The summed E-state index contributed by atoms with van der Waals surface area (Å²) >= 11 is 0. The monoisotopic (exact) mass is 442 g/mol. The third-order valence-electron chi connectivity index (χ3n) is 4.63. The molecule has 32 heavy (non-hydrogen) atoms. The zero-order valence-electron chi connectivity index (χ0n) is 17.4. The third kappa shape index (κ3) is 5.87. The van der Waals surface area contributed by atoms with Crippen LogP contribution in [0.5, 0.6) is 5.75 Å². The summed E-state index contributed by atoms with van der Waals surface area (Å²) in [5.74, 6) is -0.329. The number of amides is 2. The molecule has 0 aromatic heterocycles. The maximum Gasteiger partial charge on any atom is 0.416 e. The number of ether oxygens (including phenoxy) is 1. The van der Waals surface area contributed by atoms with Crippen LogP contribution in [0.3, 0.4) is 0 Å². The van der Waals surface area contributed by atoms with E-state index in [1.807, 2.05) is 25.1 Å². The number of nitrogens with one attached hydrogen (secondary N) is 2. The van der Waals surface area contributed by atoms with E-state index in [0.717, 1.165) is 17.7 Å². The van der Waals surface area contributed by atoms with Gasteiger partial charge in [-0.15, -0.1) is 0 Å². The van der Waals surface area contributed by atoms with Gasteiger partial charge in [0.1, 0.15) is 5.75 Å². The minimum atomic E-state index is -4.50. The second-order valence-electron chi connectivity index (χ2n) is 7.12. The molecule has 3 aromatic rings. The summed E-state index contributed by atoms with van der Waals surface area (Å²) in [5, 5.41) is 5.14. The van der Waals surface area contributed by atoms with Crippen molar-refractivity contribution in [1.29, 1.82) is 0 Å². The maximum atomic E-state index is 12.8. The summed E-state index contributed by atoms with van der Waals surface area (Å²) in [6.45, 7) is 3.50. The minimum Gasteiger partial charge on any atom is -0.481 e. The number of aryl methyl sites for hydroxylation is 1. The number of hydrogen-bond acceptors (Lipinski definition) is 3. The molecule has 8 heteroatoms. The molecule has 5 nitrogen and oxygen atoms in total. The zero-order chi connectivity index (χ0) is 23.3. The van der Waals surface area contributed by atoms with E-state index in [4.69, 9.17) is 4.74 Å². The molecule has 1 unspecified atom stereocenters. The Hall–Kier alpha value is -3.81. The van der Waals surface area contributed by atoms with Gasteiger partial charge >= 0.3 is 6.18 Å².